The van der Waals surface area contributed by atoms with Crippen LogP contribution in [0.2, 0.25) is 0 Å². The predicted octanol–water partition coefficient (Wildman–Crippen LogP) is 4.40. The van der Waals surface area contributed by atoms with E-state index in [1.807, 2.05) is 44.2 Å². The molecule has 1 aliphatic rings. The molecule has 0 spiro atoms. The van der Waals surface area contributed by atoms with E-state index in [1.165, 1.54) is 20.0 Å². The molecule has 148 valence electrons. The first-order valence-corrected chi connectivity index (χ1v) is 9.80. The van der Waals surface area contributed by atoms with Crippen LogP contribution in [-0.4, -0.2) is 25.4 Å². The van der Waals surface area contributed by atoms with Crippen LogP contribution in [-0.2, 0) is 20.7 Å². The van der Waals surface area contributed by atoms with Gasteiger partial charge in [0.1, 0.15) is 12.3 Å². The van der Waals surface area contributed by atoms with Gasteiger partial charge in [0.25, 0.3) is 0 Å². The monoisotopic (exact) mass is 363 g/mol. The van der Waals surface area contributed by atoms with Gasteiger partial charge in [0.2, 0.25) is 0 Å². The van der Waals surface area contributed by atoms with E-state index in [9.17, 15) is 9.59 Å². The SMILES string of the molecule is CC.CC(C)C1CCC(C=O)CC1.COC(=O)[C@H](N)Cc1ccccc1. The van der Waals surface area contributed by atoms with E-state index >= 15 is 0 Å². The molecule has 0 aromatic heterocycles. The van der Waals surface area contributed by atoms with Crippen LogP contribution in [0.1, 0.15) is 58.9 Å². The third-order valence-corrected chi connectivity index (χ3v) is 4.75. The van der Waals surface area contributed by atoms with E-state index in [0.29, 0.717) is 12.3 Å². The first kappa shape index (κ1) is 24.3. The number of hydrogen-bond acceptors (Lipinski definition) is 4. The Hall–Kier alpha value is -1.68. The molecule has 26 heavy (non-hydrogen) atoms. The van der Waals surface area contributed by atoms with Crippen molar-refractivity contribution in [1.29, 1.82) is 0 Å². The summed E-state index contributed by atoms with van der Waals surface area (Å²) in [6.07, 6.45) is 6.45. The fourth-order valence-electron chi connectivity index (χ4n) is 3.05. The van der Waals surface area contributed by atoms with Crippen LogP contribution in [0.25, 0.3) is 0 Å². The minimum atomic E-state index is -0.563. The maximum atomic E-state index is 11.0. The number of benzene rings is 1. The van der Waals surface area contributed by atoms with E-state index in [-0.39, 0.29) is 5.97 Å². The van der Waals surface area contributed by atoms with Crippen molar-refractivity contribution in [3.8, 4) is 0 Å². The summed E-state index contributed by atoms with van der Waals surface area (Å²) >= 11 is 0. The molecule has 2 N–H and O–H groups in total. The number of carbonyl (C=O) groups is 2. The highest BCUT2D eigenvalue weighted by molar-refractivity contribution is 5.75. The molecular weight excluding hydrogens is 326 g/mol. The van der Waals surface area contributed by atoms with Crippen LogP contribution in [0.5, 0.6) is 0 Å². The van der Waals surface area contributed by atoms with Crippen LogP contribution in [0.15, 0.2) is 30.3 Å². The molecule has 0 saturated heterocycles. The Morgan fingerprint density at radius 3 is 2.12 bits per heavy atom. The van der Waals surface area contributed by atoms with Crippen LogP contribution < -0.4 is 5.73 Å². The topological polar surface area (TPSA) is 69.4 Å². The average Bonchev–Trinajstić information content (AvgIpc) is 2.70. The van der Waals surface area contributed by atoms with Crippen molar-refractivity contribution in [2.24, 2.45) is 23.5 Å². The van der Waals surface area contributed by atoms with Crippen molar-refractivity contribution in [1.82, 2.24) is 0 Å². The van der Waals surface area contributed by atoms with Gasteiger partial charge in [-0.25, -0.2) is 0 Å². The lowest BCUT2D eigenvalue weighted by Gasteiger charge is -2.28. The number of ether oxygens (including phenoxy) is 1. The Bertz CT molecular complexity index is 479. The maximum Gasteiger partial charge on any atom is 0.322 e. The molecule has 0 amide bonds. The normalized spacial score (nSPS) is 20.0. The van der Waals surface area contributed by atoms with Crippen LogP contribution in [0.3, 0.4) is 0 Å². The van der Waals surface area contributed by atoms with Gasteiger partial charge in [-0.15, -0.1) is 0 Å². The predicted molar refractivity (Wildman–Crippen MR) is 108 cm³/mol. The zero-order valence-electron chi connectivity index (χ0n) is 17.1. The number of nitrogens with two attached hydrogens (primary N) is 1. The second-order valence-corrected chi connectivity index (χ2v) is 6.87. The fraction of sp³-hybridized carbons (Fsp3) is 0.636. The lowest BCUT2D eigenvalue weighted by molar-refractivity contribution is -0.142. The molecule has 1 saturated carbocycles. The van der Waals surface area contributed by atoms with Gasteiger partial charge in [0.15, 0.2) is 0 Å². The first-order valence-electron chi connectivity index (χ1n) is 9.80. The molecule has 4 nitrogen and oxygen atoms in total. The maximum absolute atomic E-state index is 11.0. The quantitative estimate of drug-likeness (QED) is 0.622. The summed E-state index contributed by atoms with van der Waals surface area (Å²) in [6.45, 7) is 8.57. The van der Waals surface area contributed by atoms with Crippen LogP contribution in [0, 0.1) is 17.8 Å². The van der Waals surface area contributed by atoms with E-state index in [2.05, 4.69) is 18.6 Å². The molecule has 4 heteroatoms. The molecule has 0 radical (unpaired) electrons. The molecule has 0 aliphatic heterocycles. The molecule has 1 aromatic rings. The standard InChI is InChI=1S/C10H13NO2.C10H18O.C2H6/c1-13-10(12)9(11)7-8-5-3-2-4-6-8;1-8(2)10-5-3-9(7-11)4-6-10;1-2/h2-6,9H,7,11H2,1H3;7-10H,3-6H2,1-2H3;1-2H3/t9-;;/m1../s1. The van der Waals surface area contributed by atoms with Crippen molar-refractivity contribution in [3.63, 3.8) is 0 Å². The number of carbonyl (C=O) groups excluding carboxylic acids is 2. The van der Waals surface area contributed by atoms with Gasteiger partial charge in [-0.3, -0.25) is 4.79 Å². The fourth-order valence-corrected chi connectivity index (χ4v) is 3.05. The largest absolute Gasteiger partial charge is 0.468 e. The number of aldehydes is 1. The summed E-state index contributed by atoms with van der Waals surface area (Å²) in [5, 5.41) is 0. The zero-order chi connectivity index (χ0) is 19.9. The van der Waals surface area contributed by atoms with Gasteiger partial charge in [-0.05, 0) is 49.5 Å². The summed E-state index contributed by atoms with van der Waals surface area (Å²) in [7, 11) is 1.34. The number of esters is 1. The van der Waals surface area contributed by atoms with E-state index in [0.717, 1.165) is 36.5 Å². The highest BCUT2D eigenvalue weighted by Crippen LogP contribution is 2.32. The average molecular weight is 364 g/mol. The van der Waals surface area contributed by atoms with Crippen molar-refractivity contribution in [3.05, 3.63) is 35.9 Å². The van der Waals surface area contributed by atoms with Gasteiger partial charge in [0.05, 0.1) is 7.11 Å². The van der Waals surface area contributed by atoms with E-state index in [1.54, 1.807) is 0 Å². The molecule has 0 unspecified atom stereocenters. The van der Waals surface area contributed by atoms with Crippen molar-refractivity contribution in [2.45, 2.75) is 65.8 Å². The van der Waals surface area contributed by atoms with Gasteiger partial charge in [0, 0.05) is 5.92 Å². The van der Waals surface area contributed by atoms with Gasteiger partial charge < -0.3 is 15.3 Å². The minimum absolute atomic E-state index is 0.371. The minimum Gasteiger partial charge on any atom is -0.468 e. The number of methoxy groups -OCH3 is 1. The number of rotatable bonds is 5. The molecule has 1 aliphatic carbocycles. The second kappa shape index (κ2) is 14.5. The summed E-state index contributed by atoms with van der Waals surface area (Å²) < 4.78 is 4.52. The van der Waals surface area contributed by atoms with Gasteiger partial charge in [-0.2, -0.15) is 0 Å². The van der Waals surface area contributed by atoms with Crippen LogP contribution >= 0.6 is 0 Å². The zero-order valence-corrected chi connectivity index (χ0v) is 17.1. The molecule has 1 fully saturated rings. The molecule has 2 rings (SSSR count). The van der Waals surface area contributed by atoms with Gasteiger partial charge >= 0.3 is 5.97 Å². The van der Waals surface area contributed by atoms with E-state index in [4.69, 9.17) is 5.73 Å². The van der Waals surface area contributed by atoms with Crippen molar-refractivity contribution in [2.75, 3.05) is 7.11 Å². The third kappa shape index (κ3) is 9.71. The molecular formula is C22H37NO3. The first-order chi connectivity index (χ1) is 12.5. The lowest BCUT2D eigenvalue weighted by Crippen LogP contribution is -2.33. The molecule has 1 atom stereocenters. The summed E-state index contributed by atoms with van der Waals surface area (Å²) in [6, 6.07) is 9.06. The summed E-state index contributed by atoms with van der Waals surface area (Å²) in [5.74, 6) is 1.70. The highest BCUT2D eigenvalue weighted by Gasteiger charge is 2.22. The van der Waals surface area contributed by atoms with Crippen LogP contribution in [0.4, 0.5) is 0 Å². The molecule has 0 heterocycles. The Balaban J connectivity index is 0.000000444. The lowest BCUT2D eigenvalue weighted by atomic mass is 9.77. The Labute approximate surface area is 159 Å². The Kier molecular flexibility index (Phi) is 13.5. The summed E-state index contributed by atoms with van der Waals surface area (Å²) in [5.41, 5.74) is 6.63. The molecule has 0 bridgehead atoms. The smallest absolute Gasteiger partial charge is 0.322 e. The number of hydrogen-bond donors (Lipinski definition) is 1. The van der Waals surface area contributed by atoms with Crippen molar-refractivity contribution < 1.29 is 14.3 Å². The van der Waals surface area contributed by atoms with Gasteiger partial charge in [-0.1, -0.05) is 58.0 Å². The second-order valence-electron chi connectivity index (χ2n) is 6.87. The molecule has 1 aromatic carbocycles. The Morgan fingerprint density at radius 2 is 1.69 bits per heavy atom. The third-order valence-electron chi connectivity index (χ3n) is 4.75. The Morgan fingerprint density at radius 1 is 1.15 bits per heavy atom. The highest BCUT2D eigenvalue weighted by atomic mass is 16.5. The van der Waals surface area contributed by atoms with Crippen molar-refractivity contribution >= 4 is 12.3 Å². The van der Waals surface area contributed by atoms with E-state index < -0.39 is 6.04 Å². The summed E-state index contributed by atoms with van der Waals surface area (Å²) in [4.78, 5) is 21.4.